The van der Waals surface area contributed by atoms with Crippen molar-refractivity contribution in [1.82, 2.24) is 0 Å². The molecule has 1 saturated carbocycles. The van der Waals surface area contributed by atoms with E-state index in [1.54, 1.807) is 6.92 Å². The minimum atomic E-state index is -1.02. The van der Waals surface area contributed by atoms with E-state index >= 15 is 0 Å². The fourth-order valence-corrected chi connectivity index (χ4v) is 2.51. The lowest BCUT2D eigenvalue weighted by Crippen LogP contribution is -2.41. The second-order valence-electron chi connectivity index (χ2n) is 5.81. The summed E-state index contributed by atoms with van der Waals surface area (Å²) in [6.45, 7) is 2.19. The third-order valence-electron chi connectivity index (χ3n) is 3.75. The Bertz CT molecular complexity index is 579. The molecule has 0 aromatic heterocycles. The molecule has 1 aromatic carbocycles. The topological polar surface area (TPSA) is 88.5 Å². The molecule has 20 heavy (non-hydrogen) atoms. The second-order valence-corrected chi connectivity index (χ2v) is 5.81. The fraction of sp³-hybridized carbons (Fsp3) is 0.500. The average Bonchev–Trinajstić information content (AvgIpc) is 3.20. The van der Waals surface area contributed by atoms with E-state index in [1.165, 1.54) is 0 Å². The maximum Gasteiger partial charge on any atom is 0.492 e. The van der Waals surface area contributed by atoms with Crippen LogP contribution in [0, 0.1) is 11.3 Å². The molecule has 2 aliphatic rings. The molecule has 6 heteroatoms. The van der Waals surface area contributed by atoms with Crippen molar-refractivity contribution in [2.45, 2.75) is 37.8 Å². The first-order valence-electron chi connectivity index (χ1n) is 6.80. The quantitative estimate of drug-likeness (QED) is 0.774. The van der Waals surface area contributed by atoms with Gasteiger partial charge < -0.3 is 20.1 Å². The molecule has 3 N–H and O–H groups in total. The van der Waals surface area contributed by atoms with Crippen molar-refractivity contribution in [3.8, 4) is 11.8 Å². The van der Waals surface area contributed by atoms with Crippen molar-refractivity contribution >= 4 is 12.6 Å². The molecule has 104 valence electrons. The smallest absolute Gasteiger partial charge is 0.490 e. The lowest BCUT2D eigenvalue weighted by Gasteiger charge is -2.20. The summed E-state index contributed by atoms with van der Waals surface area (Å²) in [5.41, 5.74) is 7.66. The van der Waals surface area contributed by atoms with Crippen LogP contribution in [0.1, 0.15) is 36.8 Å². The molecule has 0 unspecified atom stereocenters. The van der Waals surface area contributed by atoms with Crippen LogP contribution in [0.5, 0.6) is 5.75 Å². The van der Waals surface area contributed by atoms with Crippen LogP contribution in [0.4, 0.5) is 0 Å². The van der Waals surface area contributed by atoms with Gasteiger partial charge in [0.25, 0.3) is 0 Å². The van der Waals surface area contributed by atoms with E-state index in [1.807, 2.05) is 18.2 Å². The van der Waals surface area contributed by atoms with Crippen molar-refractivity contribution in [3.05, 3.63) is 23.3 Å². The van der Waals surface area contributed by atoms with Gasteiger partial charge in [-0.05, 0) is 48.3 Å². The third kappa shape index (κ3) is 2.40. The predicted octanol–water partition coefficient (Wildman–Crippen LogP) is 0.401. The lowest BCUT2D eigenvalue weighted by atomic mass is 9.74. The van der Waals surface area contributed by atoms with Gasteiger partial charge in [0.05, 0.1) is 12.7 Å². The molecule has 0 bridgehead atoms. The lowest BCUT2D eigenvalue weighted by molar-refractivity contribution is 0.262. The Balaban J connectivity index is 1.92. The van der Waals surface area contributed by atoms with Crippen LogP contribution in [0.3, 0.4) is 0 Å². The van der Waals surface area contributed by atoms with Crippen molar-refractivity contribution in [2.75, 3.05) is 6.61 Å². The molecular formula is C14H17BN2O3. The molecule has 3 rings (SSSR count). The Morgan fingerprint density at radius 2 is 2.35 bits per heavy atom. The minimum Gasteiger partial charge on any atom is -0.490 e. The number of nitrogens with zero attached hydrogens (tertiary/aromatic N) is 1. The summed E-state index contributed by atoms with van der Waals surface area (Å²) >= 11 is 0. The summed E-state index contributed by atoms with van der Waals surface area (Å²) in [7, 11) is -0.871. The minimum absolute atomic E-state index is 0.124. The number of hydrogen-bond donors (Lipinski definition) is 2. The number of rotatable bonds is 4. The molecule has 1 aliphatic carbocycles. The SMILES string of the molecule is C[C@](N)(C#N)COc1ccc2c(c1C1CC1)B(O)OC2. The fourth-order valence-electron chi connectivity index (χ4n) is 2.51. The van der Waals surface area contributed by atoms with Gasteiger partial charge in [-0.3, -0.25) is 0 Å². The van der Waals surface area contributed by atoms with Gasteiger partial charge in [0.2, 0.25) is 0 Å². The van der Waals surface area contributed by atoms with Crippen molar-refractivity contribution in [3.63, 3.8) is 0 Å². The van der Waals surface area contributed by atoms with E-state index in [4.69, 9.17) is 20.4 Å². The van der Waals surface area contributed by atoms with Crippen LogP contribution in [-0.2, 0) is 11.3 Å². The molecule has 0 amide bonds. The van der Waals surface area contributed by atoms with E-state index in [0.29, 0.717) is 18.3 Å². The van der Waals surface area contributed by atoms with Crippen LogP contribution in [0.2, 0.25) is 0 Å². The van der Waals surface area contributed by atoms with E-state index < -0.39 is 12.7 Å². The van der Waals surface area contributed by atoms with Crippen molar-refractivity contribution < 1.29 is 14.4 Å². The van der Waals surface area contributed by atoms with Crippen molar-refractivity contribution in [1.29, 1.82) is 5.26 Å². The maximum absolute atomic E-state index is 9.98. The summed E-state index contributed by atoms with van der Waals surface area (Å²) in [6, 6.07) is 5.82. The molecular weight excluding hydrogens is 255 g/mol. The number of nitriles is 1. The first-order chi connectivity index (χ1) is 9.52. The molecule has 1 atom stereocenters. The molecule has 1 heterocycles. The predicted molar refractivity (Wildman–Crippen MR) is 74.5 cm³/mol. The van der Waals surface area contributed by atoms with Crippen molar-refractivity contribution in [2.24, 2.45) is 5.73 Å². The Hall–Kier alpha value is -1.55. The van der Waals surface area contributed by atoms with Gasteiger partial charge >= 0.3 is 7.12 Å². The monoisotopic (exact) mass is 272 g/mol. The van der Waals surface area contributed by atoms with E-state index in [9.17, 15) is 5.02 Å². The molecule has 1 fully saturated rings. The van der Waals surface area contributed by atoms with Crippen LogP contribution < -0.4 is 15.9 Å². The van der Waals surface area contributed by atoms with E-state index in [-0.39, 0.29) is 6.61 Å². The van der Waals surface area contributed by atoms with Gasteiger partial charge in [-0.1, -0.05) is 6.07 Å². The zero-order valence-electron chi connectivity index (χ0n) is 11.4. The average molecular weight is 272 g/mol. The Morgan fingerprint density at radius 1 is 1.60 bits per heavy atom. The molecule has 0 radical (unpaired) electrons. The van der Waals surface area contributed by atoms with Gasteiger partial charge in [-0.2, -0.15) is 5.26 Å². The van der Waals surface area contributed by atoms with Gasteiger partial charge in [0.15, 0.2) is 0 Å². The second kappa shape index (κ2) is 4.78. The highest BCUT2D eigenvalue weighted by atomic mass is 16.5. The van der Waals surface area contributed by atoms with Gasteiger partial charge in [0, 0.05) is 0 Å². The van der Waals surface area contributed by atoms with E-state index in [2.05, 4.69) is 0 Å². The number of ether oxygens (including phenoxy) is 1. The summed E-state index contributed by atoms with van der Waals surface area (Å²) < 4.78 is 11.0. The number of fused-ring (bicyclic) bond motifs is 1. The van der Waals surface area contributed by atoms with Gasteiger partial charge in [-0.15, -0.1) is 0 Å². The van der Waals surface area contributed by atoms with Crippen LogP contribution >= 0.6 is 0 Å². The molecule has 5 nitrogen and oxygen atoms in total. The summed E-state index contributed by atoms with van der Waals surface area (Å²) in [6.07, 6.45) is 2.19. The Morgan fingerprint density at radius 3 is 3.00 bits per heavy atom. The van der Waals surface area contributed by atoms with Crippen LogP contribution in [0.25, 0.3) is 0 Å². The third-order valence-corrected chi connectivity index (χ3v) is 3.75. The van der Waals surface area contributed by atoms with E-state index in [0.717, 1.165) is 29.4 Å². The number of benzene rings is 1. The van der Waals surface area contributed by atoms with Crippen LogP contribution in [-0.4, -0.2) is 24.3 Å². The molecule has 0 spiro atoms. The normalized spacial score (nSPS) is 20.2. The summed E-state index contributed by atoms with van der Waals surface area (Å²) in [5.74, 6) is 1.13. The summed E-state index contributed by atoms with van der Waals surface area (Å²) in [5, 5.41) is 18.9. The highest BCUT2D eigenvalue weighted by Crippen LogP contribution is 2.44. The highest BCUT2D eigenvalue weighted by Gasteiger charge is 2.38. The molecule has 0 saturated heterocycles. The highest BCUT2D eigenvalue weighted by molar-refractivity contribution is 6.62. The maximum atomic E-state index is 9.98. The zero-order valence-corrected chi connectivity index (χ0v) is 11.4. The van der Waals surface area contributed by atoms with Gasteiger partial charge in [0.1, 0.15) is 17.9 Å². The Kier molecular flexibility index (Phi) is 3.21. The number of hydrogen-bond acceptors (Lipinski definition) is 5. The standard InChI is InChI=1S/C14H17BN2O3/c1-14(17,7-16)8-19-11-5-4-10-6-20-15(18)13(10)12(11)9-2-3-9/h4-5,9,18H,2-3,6,8,17H2,1H3/t14-/m0/s1. The summed E-state index contributed by atoms with van der Waals surface area (Å²) in [4.78, 5) is 0. The molecule has 1 aliphatic heterocycles. The first kappa shape index (κ1) is 13.4. The zero-order chi connectivity index (χ0) is 14.3. The Labute approximate surface area is 118 Å². The first-order valence-corrected chi connectivity index (χ1v) is 6.80. The van der Waals surface area contributed by atoms with Gasteiger partial charge in [-0.25, -0.2) is 0 Å². The van der Waals surface area contributed by atoms with Crippen LogP contribution in [0.15, 0.2) is 12.1 Å². The molecule has 1 aromatic rings. The largest absolute Gasteiger partial charge is 0.492 e. The number of nitrogens with two attached hydrogens (primary N) is 1.